The molecule has 1 unspecified atom stereocenters. The Morgan fingerprint density at radius 1 is 1.29 bits per heavy atom. The molecule has 1 N–H and O–H groups in total. The molecule has 78 valence electrons. The van der Waals surface area contributed by atoms with Crippen molar-refractivity contribution in [2.24, 2.45) is 0 Å². The van der Waals surface area contributed by atoms with Crippen LogP contribution in [0.2, 0.25) is 0 Å². The third-order valence-corrected chi connectivity index (χ3v) is 2.16. The van der Waals surface area contributed by atoms with Crippen LogP contribution >= 0.6 is 0 Å². The second-order valence-corrected chi connectivity index (χ2v) is 3.37. The summed E-state index contributed by atoms with van der Waals surface area (Å²) in [6, 6.07) is 9.76. The van der Waals surface area contributed by atoms with Crippen molar-refractivity contribution in [3.8, 4) is 5.75 Å². The standard InChI is InChI=1S/C12H18O2/c1-2-11(13)7-6-10-14-12-8-4-3-5-9-12/h3-5,8-9,11,13H,2,6-7,10H2,1H3. The molecule has 2 nitrogen and oxygen atoms in total. The van der Waals surface area contributed by atoms with Crippen LogP contribution in [0, 0.1) is 0 Å². The maximum atomic E-state index is 9.30. The normalized spacial score (nSPS) is 12.4. The van der Waals surface area contributed by atoms with E-state index in [2.05, 4.69) is 0 Å². The molecule has 0 aliphatic carbocycles. The van der Waals surface area contributed by atoms with Crippen molar-refractivity contribution in [1.82, 2.24) is 0 Å². The molecule has 0 spiro atoms. The molecule has 0 saturated carbocycles. The molecular weight excluding hydrogens is 176 g/mol. The van der Waals surface area contributed by atoms with Crippen LogP contribution in [0.5, 0.6) is 5.75 Å². The van der Waals surface area contributed by atoms with Gasteiger partial charge in [-0.2, -0.15) is 0 Å². The van der Waals surface area contributed by atoms with E-state index < -0.39 is 0 Å². The van der Waals surface area contributed by atoms with E-state index in [0.717, 1.165) is 25.0 Å². The molecule has 0 aliphatic rings. The molecule has 1 rings (SSSR count). The number of aliphatic hydroxyl groups excluding tert-OH is 1. The molecule has 1 aromatic rings. The van der Waals surface area contributed by atoms with Gasteiger partial charge >= 0.3 is 0 Å². The topological polar surface area (TPSA) is 29.5 Å². The lowest BCUT2D eigenvalue weighted by atomic mass is 10.1. The molecule has 1 atom stereocenters. The molecule has 0 saturated heterocycles. The van der Waals surface area contributed by atoms with Crippen molar-refractivity contribution in [2.45, 2.75) is 32.3 Å². The molecule has 0 aliphatic heterocycles. The number of hydrogen-bond donors (Lipinski definition) is 1. The Labute approximate surface area is 85.5 Å². The van der Waals surface area contributed by atoms with Gasteiger partial charge in [0.05, 0.1) is 12.7 Å². The molecule has 1 aromatic carbocycles. The van der Waals surface area contributed by atoms with Gasteiger partial charge in [0.1, 0.15) is 5.75 Å². The zero-order valence-corrected chi connectivity index (χ0v) is 8.65. The summed E-state index contributed by atoms with van der Waals surface area (Å²) >= 11 is 0. The van der Waals surface area contributed by atoms with Crippen LogP contribution < -0.4 is 4.74 Å². The number of benzene rings is 1. The highest BCUT2D eigenvalue weighted by Crippen LogP contribution is 2.09. The van der Waals surface area contributed by atoms with Crippen molar-refractivity contribution >= 4 is 0 Å². The van der Waals surface area contributed by atoms with Gasteiger partial charge in [0.2, 0.25) is 0 Å². The summed E-state index contributed by atoms with van der Waals surface area (Å²) in [5, 5.41) is 9.30. The Kier molecular flexibility index (Phi) is 5.08. The molecule has 0 heterocycles. The molecule has 0 aromatic heterocycles. The largest absolute Gasteiger partial charge is 0.494 e. The molecule has 0 radical (unpaired) electrons. The first-order valence-corrected chi connectivity index (χ1v) is 5.19. The van der Waals surface area contributed by atoms with Crippen LogP contribution in [0.25, 0.3) is 0 Å². The van der Waals surface area contributed by atoms with Crippen molar-refractivity contribution < 1.29 is 9.84 Å². The Balaban J connectivity index is 2.10. The second kappa shape index (κ2) is 6.44. The first-order chi connectivity index (χ1) is 6.83. The third-order valence-electron chi connectivity index (χ3n) is 2.16. The lowest BCUT2D eigenvalue weighted by Gasteiger charge is -2.08. The first-order valence-electron chi connectivity index (χ1n) is 5.19. The lowest BCUT2D eigenvalue weighted by Crippen LogP contribution is -2.07. The first kappa shape index (κ1) is 11.1. The number of para-hydroxylation sites is 1. The minimum absolute atomic E-state index is 0.172. The zero-order valence-electron chi connectivity index (χ0n) is 8.65. The summed E-state index contributed by atoms with van der Waals surface area (Å²) in [5.74, 6) is 0.901. The van der Waals surface area contributed by atoms with Gasteiger partial charge in [-0.05, 0) is 31.4 Å². The Morgan fingerprint density at radius 2 is 2.00 bits per heavy atom. The van der Waals surface area contributed by atoms with Gasteiger partial charge in [-0.1, -0.05) is 25.1 Å². The summed E-state index contributed by atoms with van der Waals surface area (Å²) in [6.07, 6.45) is 2.38. The smallest absolute Gasteiger partial charge is 0.119 e. The van der Waals surface area contributed by atoms with E-state index >= 15 is 0 Å². The molecule has 0 bridgehead atoms. The minimum Gasteiger partial charge on any atom is -0.494 e. The van der Waals surface area contributed by atoms with Gasteiger partial charge < -0.3 is 9.84 Å². The molecular formula is C12H18O2. The number of ether oxygens (including phenoxy) is 1. The van der Waals surface area contributed by atoms with E-state index in [0.29, 0.717) is 6.61 Å². The van der Waals surface area contributed by atoms with Crippen LogP contribution in [0.3, 0.4) is 0 Å². The molecule has 2 heteroatoms. The molecule has 0 amide bonds. The quantitative estimate of drug-likeness (QED) is 0.705. The van der Waals surface area contributed by atoms with Crippen molar-refractivity contribution in [1.29, 1.82) is 0 Å². The van der Waals surface area contributed by atoms with Gasteiger partial charge in [-0.3, -0.25) is 0 Å². The maximum Gasteiger partial charge on any atom is 0.119 e. The Morgan fingerprint density at radius 3 is 2.64 bits per heavy atom. The van der Waals surface area contributed by atoms with Crippen molar-refractivity contribution in [2.75, 3.05) is 6.61 Å². The van der Waals surface area contributed by atoms with Crippen LogP contribution in [-0.4, -0.2) is 17.8 Å². The van der Waals surface area contributed by atoms with Gasteiger partial charge in [0.15, 0.2) is 0 Å². The van der Waals surface area contributed by atoms with Gasteiger partial charge in [0.25, 0.3) is 0 Å². The summed E-state index contributed by atoms with van der Waals surface area (Å²) in [6.45, 7) is 2.67. The minimum atomic E-state index is -0.172. The van der Waals surface area contributed by atoms with E-state index in [1.807, 2.05) is 37.3 Å². The predicted octanol–water partition coefficient (Wildman–Crippen LogP) is 2.62. The fraction of sp³-hybridized carbons (Fsp3) is 0.500. The Bertz CT molecular complexity index is 233. The molecule has 0 fully saturated rings. The highest BCUT2D eigenvalue weighted by Gasteiger charge is 1.99. The summed E-state index contributed by atoms with van der Waals surface area (Å²) in [7, 11) is 0. The maximum absolute atomic E-state index is 9.30. The van der Waals surface area contributed by atoms with E-state index in [4.69, 9.17) is 4.74 Å². The van der Waals surface area contributed by atoms with Crippen LogP contribution in [0.4, 0.5) is 0 Å². The Hall–Kier alpha value is -1.02. The highest BCUT2D eigenvalue weighted by atomic mass is 16.5. The SMILES string of the molecule is CCC(O)CCCOc1ccccc1. The van der Waals surface area contributed by atoms with Crippen molar-refractivity contribution in [3.05, 3.63) is 30.3 Å². The fourth-order valence-corrected chi connectivity index (χ4v) is 1.23. The van der Waals surface area contributed by atoms with E-state index in [9.17, 15) is 5.11 Å². The van der Waals surface area contributed by atoms with E-state index in [-0.39, 0.29) is 6.10 Å². The zero-order chi connectivity index (χ0) is 10.2. The monoisotopic (exact) mass is 194 g/mol. The third kappa shape index (κ3) is 4.28. The number of aliphatic hydroxyl groups is 1. The highest BCUT2D eigenvalue weighted by molar-refractivity contribution is 5.20. The van der Waals surface area contributed by atoms with Crippen LogP contribution in [-0.2, 0) is 0 Å². The summed E-state index contributed by atoms with van der Waals surface area (Å²) in [5.41, 5.74) is 0. The van der Waals surface area contributed by atoms with Crippen molar-refractivity contribution in [3.63, 3.8) is 0 Å². The number of hydrogen-bond acceptors (Lipinski definition) is 2. The van der Waals surface area contributed by atoms with Gasteiger partial charge in [-0.15, -0.1) is 0 Å². The fourth-order valence-electron chi connectivity index (χ4n) is 1.23. The average molecular weight is 194 g/mol. The second-order valence-electron chi connectivity index (χ2n) is 3.37. The van der Waals surface area contributed by atoms with Crippen LogP contribution in [0.15, 0.2) is 30.3 Å². The van der Waals surface area contributed by atoms with E-state index in [1.54, 1.807) is 0 Å². The average Bonchev–Trinajstić information content (AvgIpc) is 2.25. The van der Waals surface area contributed by atoms with Gasteiger partial charge in [-0.25, -0.2) is 0 Å². The summed E-state index contributed by atoms with van der Waals surface area (Å²) < 4.78 is 5.49. The van der Waals surface area contributed by atoms with Gasteiger partial charge in [0, 0.05) is 0 Å². The molecule has 14 heavy (non-hydrogen) atoms. The summed E-state index contributed by atoms with van der Waals surface area (Å²) in [4.78, 5) is 0. The number of rotatable bonds is 6. The predicted molar refractivity (Wildman–Crippen MR) is 57.5 cm³/mol. The van der Waals surface area contributed by atoms with E-state index in [1.165, 1.54) is 0 Å². The lowest BCUT2D eigenvalue weighted by molar-refractivity contribution is 0.149. The van der Waals surface area contributed by atoms with Crippen LogP contribution in [0.1, 0.15) is 26.2 Å².